The Kier molecular flexibility index (Phi) is 3.69. The van der Waals surface area contributed by atoms with Crippen LogP contribution in [0.4, 0.5) is 0 Å². The van der Waals surface area contributed by atoms with Gasteiger partial charge in [0.2, 0.25) is 0 Å². The molecular formula is C12H5Cl4N3S. The van der Waals surface area contributed by atoms with Crippen LogP contribution in [0.1, 0.15) is 0 Å². The summed E-state index contributed by atoms with van der Waals surface area (Å²) in [5.41, 5.74) is 1.93. The summed E-state index contributed by atoms with van der Waals surface area (Å²) < 4.78 is 2.13. The van der Waals surface area contributed by atoms with Crippen molar-refractivity contribution in [1.29, 1.82) is 0 Å². The van der Waals surface area contributed by atoms with Gasteiger partial charge < -0.3 is 4.98 Å². The van der Waals surface area contributed by atoms with Gasteiger partial charge in [-0.15, -0.1) is 0 Å². The predicted molar refractivity (Wildman–Crippen MR) is 86.3 cm³/mol. The Hall–Kier alpha value is -0.780. The Morgan fingerprint density at radius 3 is 2.45 bits per heavy atom. The van der Waals surface area contributed by atoms with Crippen LogP contribution in [0.5, 0.6) is 0 Å². The number of halogens is 4. The lowest BCUT2D eigenvalue weighted by molar-refractivity contribution is 1.04. The van der Waals surface area contributed by atoms with Gasteiger partial charge in [0.05, 0.1) is 31.3 Å². The van der Waals surface area contributed by atoms with Gasteiger partial charge in [0.15, 0.2) is 10.4 Å². The highest BCUT2D eigenvalue weighted by Crippen LogP contribution is 2.33. The average molecular weight is 365 g/mol. The molecule has 0 spiro atoms. The summed E-state index contributed by atoms with van der Waals surface area (Å²) in [5.74, 6) is 0. The van der Waals surface area contributed by atoms with Gasteiger partial charge in [-0.05, 0) is 30.4 Å². The fraction of sp³-hybridized carbons (Fsp3) is 0. The van der Waals surface area contributed by atoms with E-state index in [9.17, 15) is 0 Å². The van der Waals surface area contributed by atoms with Crippen LogP contribution in [0.3, 0.4) is 0 Å². The number of hydrogen-bond donors (Lipinski definition) is 1. The minimum Gasteiger partial charge on any atom is -0.329 e. The standard InChI is InChI=1S/C12H5Cl4N3S/c13-5-1-9-11(17-4-5)19(12(20)18-9)10-3-7(15)6(14)2-8(10)16/h1-4H,(H,18,20). The molecule has 8 heteroatoms. The molecule has 0 bridgehead atoms. The molecule has 0 saturated carbocycles. The minimum absolute atomic E-state index is 0.378. The van der Waals surface area contributed by atoms with Crippen molar-refractivity contribution < 1.29 is 0 Å². The van der Waals surface area contributed by atoms with Crippen LogP contribution in [0.15, 0.2) is 24.4 Å². The first-order valence-corrected chi connectivity index (χ1v) is 7.30. The molecule has 0 aliphatic rings. The van der Waals surface area contributed by atoms with Crippen LogP contribution < -0.4 is 0 Å². The van der Waals surface area contributed by atoms with Crippen molar-refractivity contribution in [2.24, 2.45) is 0 Å². The third-order valence-electron chi connectivity index (χ3n) is 2.72. The second kappa shape index (κ2) is 5.20. The van der Waals surface area contributed by atoms with Crippen molar-refractivity contribution in [3.63, 3.8) is 0 Å². The van der Waals surface area contributed by atoms with E-state index >= 15 is 0 Å². The summed E-state index contributed by atoms with van der Waals surface area (Å²) in [6.45, 7) is 0. The van der Waals surface area contributed by atoms with E-state index in [0.717, 1.165) is 0 Å². The Bertz CT molecular complexity index is 884. The highest BCUT2D eigenvalue weighted by Gasteiger charge is 2.13. The molecule has 3 aromatic rings. The Labute approximate surface area is 139 Å². The maximum atomic E-state index is 6.22. The number of aromatic nitrogens is 3. The molecule has 102 valence electrons. The van der Waals surface area contributed by atoms with E-state index in [0.29, 0.717) is 41.7 Å². The first-order valence-electron chi connectivity index (χ1n) is 5.38. The molecule has 0 aliphatic heterocycles. The fourth-order valence-corrected chi connectivity index (χ4v) is 2.95. The number of hydrogen-bond acceptors (Lipinski definition) is 2. The number of nitrogens with one attached hydrogen (secondary N) is 1. The van der Waals surface area contributed by atoms with E-state index in [1.165, 1.54) is 6.20 Å². The molecule has 2 heterocycles. The van der Waals surface area contributed by atoms with Gasteiger partial charge in [-0.1, -0.05) is 46.4 Å². The van der Waals surface area contributed by atoms with Crippen LogP contribution in [0, 0.1) is 4.77 Å². The molecule has 0 atom stereocenters. The van der Waals surface area contributed by atoms with Crippen LogP contribution in [-0.4, -0.2) is 14.5 Å². The molecule has 0 fully saturated rings. The zero-order valence-electron chi connectivity index (χ0n) is 9.62. The molecule has 0 unspecified atom stereocenters. The Morgan fingerprint density at radius 1 is 1.00 bits per heavy atom. The van der Waals surface area contributed by atoms with E-state index in [2.05, 4.69) is 9.97 Å². The van der Waals surface area contributed by atoms with Crippen LogP contribution >= 0.6 is 58.6 Å². The lowest BCUT2D eigenvalue weighted by atomic mass is 10.3. The summed E-state index contributed by atoms with van der Waals surface area (Å²) >= 11 is 29.4. The second-order valence-corrected chi connectivity index (χ2v) is 6.05. The Balaban J connectivity index is 2.38. The Morgan fingerprint density at radius 2 is 1.70 bits per heavy atom. The summed E-state index contributed by atoms with van der Waals surface area (Å²) in [5, 5.41) is 1.70. The van der Waals surface area contributed by atoms with Crippen LogP contribution in [0.2, 0.25) is 20.1 Å². The molecule has 2 aromatic heterocycles. The highest BCUT2D eigenvalue weighted by molar-refractivity contribution is 7.71. The number of fused-ring (bicyclic) bond motifs is 1. The van der Waals surface area contributed by atoms with Gasteiger partial charge in [-0.25, -0.2) is 4.98 Å². The van der Waals surface area contributed by atoms with Crippen molar-refractivity contribution in [3.05, 3.63) is 49.3 Å². The lowest BCUT2D eigenvalue weighted by Gasteiger charge is -2.08. The van der Waals surface area contributed by atoms with Gasteiger partial charge in [0.25, 0.3) is 0 Å². The maximum Gasteiger partial charge on any atom is 0.184 e. The number of rotatable bonds is 1. The van der Waals surface area contributed by atoms with Crippen molar-refractivity contribution in [2.75, 3.05) is 0 Å². The summed E-state index contributed by atoms with van der Waals surface area (Å²) in [6.07, 6.45) is 1.54. The molecule has 1 aromatic carbocycles. The van der Waals surface area contributed by atoms with Gasteiger partial charge in [-0.2, -0.15) is 0 Å². The summed E-state index contributed by atoms with van der Waals surface area (Å²) in [4.78, 5) is 7.29. The monoisotopic (exact) mass is 363 g/mol. The topological polar surface area (TPSA) is 33.6 Å². The number of H-pyrrole nitrogens is 1. The third-order valence-corrected chi connectivity index (χ3v) is 4.24. The molecule has 20 heavy (non-hydrogen) atoms. The van der Waals surface area contributed by atoms with Crippen LogP contribution in [0.25, 0.3) is 16.9 Å². The quantitative estimate of drug-likeness (QED) is 0.444. The molecule has 0 saturated heterocycles. The summed E-state index contributed by atoms with van der Waals surface area (Å²) in [7, 11) is 0. The van der Waals surface area contributed by atoms with Gasteiger partial charge >= 0.3 is 0 Å². The van der Waals surface area contributed by atoms with E-state index in [4.69, 9.17) is 58.6 Å². The molecule has 0 aliphatic carbocycles. The molecular weight excluding hydrogens is 360 g/mol. The van der Waals surface area contributed by atoms with E-state index in [1.807, 2.05) is 0 Å². The number of aromatic amines is 1. The van der Waals surface area contributed by atoms with Crippen molar-refractivity contribution in [1.82, 2.24) is 14.5 Å². The largest absolute Gasteiger partial charge is 0.329 e. The fourth-order valence-electron chi connectivity index (χ4n) is 1.88. The lowest BCUT2D eigenvalue weighted by Crippen LogP contribution is -1.97. The first kappa shape index (κ1) is 14.2. The third kappa shape index (κ3) is 2.32. The highest BCUT2D eigenvalue weighted by atomic mass is 35.5. The number of pyridine rings is 1. The SMILES string of the molecule is S=c1[nH]c2cc(Cl)cnc2n1-c1cc(Cl)c(Cl)cc1Cl. The van der Waals surface area contributed by atoms with Crippen molar-refractivity contribution in [3.8, 4) is 5.69 Å². The molecule has 0 amide bonds. The van der Waals surface area contributed by atoms with E-state index in [-0.39, 0.29) is 0 Å². The van der Waals surface area contributed by atoms with Crippen molar-refractivity contribution in [2.45, 2.75) is 0 Å². The van der Waals surface area contributed by atoms with Gasteiger partial charge in [-0.3, -0.25) is 4.57 Å². The molecule has 0 radical (unpaired) electrons. The zero-order chi connectivity index (χ0) is 14.4. The maximum absolute atomic E-state index is 6.22. The molecule has 1 N–H and O–H groups in total. The first-order chi connectivity index (χ1) is 9.47. The van der Waals surface area contributed by atoms with Crippen molar-refractivity contribution >= 4 is 69.8 Å². The summed E-state index contributed by atoms with van der Waals surface area (Å²) in [6, 6.07) is 4.95. The van der Waals surface area contributed by atoms with E-state index < -0.39 is 0 Å². The predicted octanol–water partition coefficient (Wildman–Crippen LogP) is 5.70. The number of imidazole rings is 1. The van der Waals surface area contributed by atoms with Crippen LogP contribution in [-0.2, 0) is 0 Å². The zero-order valence-corrected chi connectivity index (χ0v) is 13.5. The minimum atomic E-state index is 0.378. The number of nitrogens with zero attached hydrogens (tertiary/aromatic N) is 2. The normalized spacial score (nSPS) is 11.2. The van der Waals surface area contributed by atoms with E-state index in [1.54, 1.807) is 22.8 Å². The number of benzene rings is 1. The molecule has 3 rings (SSSR count). The second-order valence-electron chi connectivity index (χ2n) is 4.01. The van der Waals surface area contributed by atoms with Gasteiger partial charge in [0, 0.05) is 6.20 Å². The smallest absolute Gasteiger partial charge is 0.184 e. The average Bonchev–Trinajstić information content (AvgIpc) is 2.69. The van der Waals surface area contributed by atoms with Gasteiger partial charge in [0.1, 0.15) is 0 Å². The molecule has 3 nitrogen and oxygen atoms in total.